The Morgan fingerprint density at radius 1 is 1.11 bits per heavy atom. The van der Waals surface area contributed by atoms with Crippen molar-refractivity contribution < 1.29 is 14.1 Å². The molecule has 4 rings (SSSR count). The summed E-state index contributed by atoms with van der Waals surface area (Å²) in [6.07, 6.45) is 4.79. The maximum absolute atomic E-state index is 12.0. The van der Waals surface area contributed by atoms with E-state index in [1.54, 1.807) is 30.5 Å². The molecule has 0 unspecified atom stereocenters. The number of rotatable bonds is 5. The van der Waals surface area contributed by atoms with E-state index >= 15 is 0 Å². The van der Waals surface area contributed by atoms with Gasteiger partial charge in [-0.3, -0.25) is 4.98 Å². The third-order valence-electron chi connectivity index (χ3n) is 4.12. The Labute approximate surface area is 166 Å². The molecule has 0 aliphatic carbocycles. The van der Waals surface area contributed by atoms with Gasteiger partial charge < -0.3 is 9.26 Å². The van der Waals surface area contributed by atoms with Crippen molar-refractivity contribution in [2.75, 3.05) is 0 Å². The van der Waals surface area contributed by atoms with E-state index in [9.17, 15) is 4.79 Å². The number of carbonyl (C=O) groups excluding carboxylic acids is 1. The van der Waals surface area contributed by atoms with Crippen molar-refractivity contribution in [3.05, 3.63) is 89.3 Å². The summed E-state index contributed by atoms with van der Waals surface area (Å²) in [6.45, 7) is -0.00243. The largest absolute Gasteiger partial charge is 0.454 e. The number of pyridine rings is 1. The first-order valence-electron chi connectivity index (χ1n) is 8.59. The molecule has 0 aliphatic rings. The van der Waals surface area contributed by atoms with Crippen LogP contribution in [0, 0.1) is 0 Å². The Kier molecular flexibility index (Phi) is 5.17. The number of hydrogen-bond acceptors (Lipinski definition) is 5. The summed E-state index contributed by atoms with van der Waals surface area (Å²) in [4.78, 5) is 16.4. The van der Waals surface area contributed by atoms with Crippen LogP contribution in [0.3, 0.4) is 0 Å². The van der Waals surface area contributed by atoms with Gasteiger partial charge in [-0.15, -0.1) is 0 Å². The van der Waals surface area contributed by atoms with E-state index in [-0.39, 0.29) is 6.61 Å². The first kappa shape index (κ1) is 17.9. The van der Waals surface area contributed by atoms with Gasteiger partial charge in [-0.05, 0) is 24.3 Å². The lowest BCUT2D eigenvalue weighted by Gasteiger charge is -2.01. The van der Waals surface area contributed by atoms with Crippen LogP contribution in [0.25, 0.3) is 28.2 Å². The molecule has 0 amide bonds. The molecule has 0 bridgehead atoms. The fraction of sp³-hybridized carbons (Fsp3) is 0.0455. The third kappa shape index (κ3) is 4.10. The molecule has 0 spiro atoms. The number of ether oxygens (including phenoxy) is 1. The van der Waals surface area contributed by atoms with Crippen molar-refractivity contribution in [3.63, 3.8) is 0 Å². The molecule has 0 saturated heterocycles. The average molecular weight is 391 g/mol. The topological polar surface area (TPSA) is 65.2 Å². The Balaban J connectivity index is 1.39. The minimum Gasteiger partial charge on any atom is -0.454 e. The minimum absolute atomic E-state index is 0.00243. The highest BCUT2D eigenvalue weighted by Crippen LogP contribution is 2.22. The number of para-hydroxylation sites is 1. The van der Waals surface area contributed by atoms with Gasteiger partial charge in [-0.1, -0.05) is 53.2 Å². The smallest absolute Gasteiger partial charge is 0.331 e. The van der Waals surface area contributed by atoms with Crippen LogP contribution in [-0.4, -0.2) is 16.1 Å². The second kappa shape index (κ2) is 8.06. The van der Waals surface area contributed by atoms with Gasteiger partial charge in [0.15, 0.2) is 12.4 Å². The summed E-state index contributed by atoms with van der Waals surface area (Å²) < 4.78 is 10.5. The highest BCUT2D eigenvalue weighted by atomic mass is 35.5. The fourth-order valence-electron chi connectivity index (χ4n) is 2.75. The molecule has 0 saturated carbocycles. The predicted octanol–water partition coefficient (Wildman–Crippen LogP) is 5.30. The van der Waals surface area contributed by atoms with Crippen molar-refractivity contribution in [3.8, 4) is 11.3 Å². The van der Waals surface area contributed by atoms with Gasteiger partial charge >= 0.3 is 5.97 Å². The summed E-state index contributed by atoms with van der Waals surface area (Å²) in [7, 11) is 0. The van der Waals surface area contributed by atoms with Crippen LogP contribution in [0.2, 0.25) is 5.02 Å². The molecule has 2 aromatic carbocycles. The van der Waals surface area contributed by atoms with E-state index in [0.29, 0.717) is 16.5 Å². The third-order valence-corrected chi connectivity index (χ3v) is 4.37. The molecule has 2 aromatic heterocycles. The fourth-order valence-corrected chi connectivity index (χ4v) is 2.87. The van der Waals surface area contributed by atoms with Crippen LogP contribution in [0.15, 0.2) is 77.5 Å². The maximum Gasteiger partial charge on any atom is 0.331 e. The van der Waals surface area contributed by atoms with E-state index < -0.39 is 5.97 Å². The van der Waals surface area contributed by atoms with Crippen LogP contribution in [0.4, 0.5) is 0 Å². The average Bonchev–Trinajstić information content (AvgIpc) is 3.20. The van der Waals surface area contributed by atoms with E-state index in [1.807, 2.05) is 42.5 Å². The van der Waals surface area contributed by atoms with Crippen LogP contribution in [0.1, 0.15) is 11.3 Å². The second-order valence-corrected chi connectivity index (χ2v) is 6.49. The second-order valence-electron chi connectivity index (χ2n) is 6.05. The van der Waals surface area contributed by atoms with Gasteiger partial charge in [0.25, 0.3) is 0 Å². The van der Waals surface area contributed by atoms with Gasteiger partial charge in [-0.2, -0.15) is 0 Å². The normalized spacial score (nSPS) is 11.2. The highest BCUT2D eigenvalue weighted by Gasteiger charge is 2.08. The summed E-state index contributed by atoms with van der Waals surface area (Å²) in [6, 6.07) is 18.6. The monoisotopic (exact) mass is 390 g/mol. The number of nitrogens with zero attached hydrogens (tertiary/aromatic N) is 2. The van der Waals surface area contributed by atoms with Gasteiger partial charge in [0.05, 0.1) is 5.52 Å². The van der Waals surface area contributed by atoms with E-state index in [1.165, 1.54) is 6.08 Å². The van der Waals surface area contributed by atoms with Crippen molar-refractivity contribution in [2.45, 2.75) is 6.61 Å². The number of aromatic nitrogens is 2. The molecule has 0 N–H and O–H groups in total. The van der Waals surface area contributed by atoms with Crippen LogP contribution >= 0.6 is 11.6 Å². The van der Waals surface area contributed by atoms with Gasteiger partial charge in [0, 0.05) is 39.9 Å². The SMILES string of the molecule is O=C(/C=C/c1cccc2cccnc12)OCc1cc(-c2ccc(Cl)cc2)no1. The zero-order chi connectivity index (χ0) is 19.3. The first-order valence-corrected chi connectivity index (χ1v) is 8.97. The summed E-state index contributed by atoms with van der Waals surface area (Å²) >= 11 is 5.88. The molecule has 138 valence electrons. The van der Waals surface area contributed by atoms with Crippen LogP contribution < -0.4 is 0 Å². The number of esters is 1. The lowest BCUT2D eigenvalue weighted by atomic mass is 10.1. The predicted molar refractivity (Wildman–Crippen MR) is 108 cm³/mol. The number of hydrogen-bond donors (Lipinski definition) is 0. The first-order chi connectivity index (χ1) is 13.7. The van der Waals surface area contributed by atoms with E-state index in [2.05, 4.69) is 10.1 Å². The van der Waals surface area contributed by atoms with Crippen LogP contribution in [0.5, 0.6) is 0 Å². The number of halogens is 1. The summed E-state index contributed by atoms with van der Waals surface area (Å²) in [5.74, 6) is -0.0177. The molecule has 0 radical (unpaired) electrons. The number of carbonyl (C=O) groups is 1. The maximum atomic E-state index is 12.0. The van der Waals surface area contributed by atoms with Crippen LogP contribution in [-0.2, 0) is 16.1 Å². The van der Waals surface area contributed by atoms with Gasteiger partial charge in [0.2, 0.25) is 0 Å². The number of fused-ring (bicyclic) bond motifs is 1. The Morgan fingerprint density at radius 2 is 1.93 bits per heavy atom. The van der Waals surface area contributed by atoms with Gasteiger partial charge in [-0.25, -0.2) is 4.79 Å². The Morgan fingerprint density at radius 3 is 2.79 bits per heavy atom. The molecule has 6 heteroatoms. The Bertz CT molecular complexity index is 1140. The van der Waals surface area contributed by atoms with Crippen molar-refractivity contribution >= 4 is 34.5 Å². The molecule has 4 aromatic rings. The summed E-state index contributed by atoms with van der Waals surface area (Å²) in [5, 5.41) is 5.64. The zero-order valence-electron chi connectivity index (χ0n) is 14.7. The van der Waals surface area contributed by atoms with Crippen molar-refractivity contribution in [1.82, 2.24) is 10.1 Å². The molecule has 0 atom stereocenters. The van der Waals surface area contributed by atoms with Crippen molar-refractivity contribution in [2.24, 2.45) is 0 Å². The molecular formula is C22H15ClN2O3. The lowest BCUT2D eigenvalue weighted by molar-refractivity contribution is -0.139. The minimum atomic E-state index is -0.475. The molecular weight excluding hydrogens is 376 g/mol. The summed E-state index contributed by atoms with van der Waals surface area (Å²) in [5.41, 5.74) is 3.20. The van der Waals surface area contributed by atoms with E-state index in [0.717, 1.165) is 22.0 Å². The molecule has 0 fully saturated rings. The van der Waals surface area contributed by atoms with Gasteiger partial charge in [0.1, 0.15) is 5.69 Å². The molecule has 0 aliphatic heterocycles. The Hall–Kier alpha value is -3.44. The quantitative estimate of drug-likeness (QED) is 0.341. The molecule has 5 nitrogen and oxygen atoms in total. The molecule has 2 heterocycles. The van der Waals surface area contributed by atoms with E-state index in [4.69, 9.17) is 20.9 Å². The lowest BCUT2D eigenvalue weighted by Crippen LogP contribution is -1.99. The molecule has 28 heavy (non-hydrogen) atoms. The van der Waals surface area contributed by atoms with Crippen molar-refractivity contribution in [1.29, 1.82) is 0 Å². The zero-order valence-corrected chi connectivity index (χ0v) is 15.5. The number of benzene rings is 2. The highest BCUT2D eigenvalue weighted by molar-refractivity contribution is 6.30. The standard InChI is InChI=1S/C22H15ClN2O3/c23-18-9-6-15(7-10-18)20-13-19(28-25-20)14-27-21(26)11-8-17-4-1-3-16-5-2-12-24-22(16)17/h1-13H,14H2/b11-8+.